The fraction of sp³-hybridized carbons (Fsp3) is 0.220. The van der Waals surface area contributed by atoms with Gasteiger partial charge in [0.1, 0.15) is 0 Å². The van der Waals surface area contributed by atoms with E-state index in [9.17, 15) is 0 Å². The molecule has 2 nitrogen and oxygen atoms in total. The first-order chi connectivity index (χ1) is 30.5. The molecule has 0 spiro atoms. The van der Waals surface area contributed by atoms with Gasteiger partial charge in [-0.05, 0) is 193 Å². The highest BCUT2D eigenvalue weighted by Gasteiger charge is 2.45. The van der Waals surface area contributed by atoms with E-state index in [4.69, 9.17) is 0 Å². The molecule has 2 aromatic heterocycles. The van der Waals surface area contributed by atoms with Gasteiger partial charge in [0.25, 0.3) is 6.71 Å². The lowest BCUT2D eigenvalue weighted by atomic mass is 9.33. The Labute approximate surface area is 387 Å². The van der Waals surface area contributed by atoms with Gasteiger partial charge in [-0.15, -0.1) is 22.7 Å². The number of anilines is 6. The third kappa shape index (κ3) is 6.49. The normalized spacial score (nSPS) is 13.5. The summed E-state index contributed by atoms with van der Waals surface area (Å²) in [6, 6.07) is 47.7. The minimum atomic E-state index is -0.0112. The van der Waals surface area contributed by atoms with Crippen LogP contribution in [-0.2, 0) is 10.8 Å². The lowest BCUT2D eigenvalue weighted by Gasteiger charge is -2.46. The lowest BCUT2D eigenvalue weighted by Crippen LogP contribution is -2.61. The quantitative estimate of drug-likeness (QED) is 0.163. The third-order valence-corrected chi connectivity index (χ3v) is 15.7. The van der Waals surface area contributed by atoms with E-state index in [1.54, 1.807) is 0 Å². The van der Waals surface area contributed by atoms with Gasteiger partial charge < -0.3 is 9.80 Å². The molecule has 5 heteroatoms. The van der Waals surface area contributed by atoms with Gasteiger partial charge in [0.15, 0.2) is 0 Å². The van der Waals surface area contributed by atoms with Crippen molar-refractivity contribution in [2.24, 2.45) is 0 Å². The number of rotatable bonds is 4. The number of thiophene rings is 2. The molecule has 0 atom stereocenters. The highest BCUT2D eigenvalue weighted by Crippen LogP contribution is 2.49. The zero-order valence-electron chi connectivity index (χ0n) is 39.0. The summed E-state index contributed by atoms with van der Waals surface area (Å²) in [5, 5.41) is 7.00. The van der Waals surface area contributed by atoms with E-state index in [1.165, 1.54) is 132 Å². The summed E-state index contributed by atoms with van der Waals surface area (Å²) in [5.41, 5.74) is 25.8. The van der Waals surface area contributed by atoms with Gasteiger partial charge in [0, 0.05) is 32.1 Å². The van der Waals surface area contributed by atoms with Crippen LogP contribution in [-0.4, -0.2) is 6.71 Å². The Kier molecular flexibility index (Phi) is 9.31. The van der Waals surface area contributed by atoms with Crippen molar-refractivity contribution in [3.05, 3.63) is 171 Å². The monoisotopic (exact) mass is 866 g/mol. The molecular weight excluding hydrogens is 812 g/mol. The van der Waals surface area contributed by atoms with Crippen molar-refractivity contribution >= 4 is 100 Å². The average Bonchev–Trinajstić information content (AvgIpc) is 3.93. The third-order valence-electron chi connectivity index (χ3n) is 14.0. The maximum atomic E-state index is 2.63. The summed E-state index contributed by atoms with van der Waals surface area (Å²) in [6.45, 7) is 25.5. The maximum Gasteiger partial charge on any atom is 0.252 e. The molecule has 4 heterocycles. The van der Waals surface area contributed by atoms with Crippen molar-refractivity contribution in [2.75, 3.05) is 9.80 Å². The second kappa shape index (κ2) is 14.6. The van der Waals surface area contributed by atoms with Crippen LogP contribution in [0.5, 0.6) is 0 Å². The Morgan fingerprint density at radius 3 is 1.17 bits per heavy atom. The molecule has 0 amide bonds. The summed E-state index contributed by atoms with van der Waals surface area (Å²) in [5.74, 6) is 0. The van der Waals surface area contributed by atoms with Crippen LogP contribution in [0.4, 0.5) is 34.1 Å². The van der Waals surface area contributed by atoms with Gasteiger partial charge in [-0.3, -0.25) is 0 Å². The number of nitrogens with zero attached hydrogens (tertiary/aromatic N) is 2. The Morgan fingerprint density at radius 2 is 0.781 bits per heavy atom. The van der Waals surface area contributed by atoms with E-state index in [2.05, 4.69) is 218 Å². The maximum absolute atomic E-state index is 2.63. The van der Waals surface area contributed by atoms with Crippen molar-refractivity contribution in [3.8, 4) is 22.3 Å². The lowest BCUT2D eigenvalue weighted by molar-refractivity contribution is 0.589. The van der Waals surface area contributed by atoms with E-state index in [1.807, 2.05) is 22.7 Å². The van der Waals surface area contributed by atoms with Gasteiger partial charge in [0.05, 0.1) is 11.4 Å². The predicted octanol–water partition coefficient (Wildman–Crippen LogP) is 15.7. The van der Waals surface area contributed by atoms with E-state index >= 15 is 0 Å². The first kappa shape index (κ1) is 40.9. The summed E-state index contributed by atoms with van der Waals surface area (Å²) < 4.78 is 2.64. The van der Waals surface area contributed by atoms with Gasteiger partial charge in [-0.2, -0.15) is 0 Å². The molecule has 0 unspecified atom stereocenters. The van der Waals surface area contributed by atoms with Crippen molar-refractivity contribution in [1.29, 1.82) is 0 Å². The first-order valence-corrected chi connectivity index (χ1v) is 24.5. The summed E-state index contributed by atoms with van der Waals surface area (Å²) >= 11 is 3.63. The van der Waals surface area contributed by atoms with E-state index < -0.39 is 0 Å². The van der Waals surface area contributed by atoms with Gasteiger partial charge in [-0.25, -0.2) is 0 Å². The molecule has 2 aliphatic heterocycles. The summed E-state index contributed by atoms with van der Waals surface area (Å²) in [6.07, 6.45) is 0. The summed E-state index contributed by atoms with van der Waals surface area (Å²) in [7, 11) is 0. The molecule has 0 bridgehead atoms. The minimum Gasteiger partial charge on any atom is -0.311 e. The van der Waals surface area contributed by atoms with Crippen molar-refractivity contribution < 1.29 is 0 Å². The van der Waals surface area contributed by atoms with E-state index in [0.717, 1.165) is 0 Å². The number of aryl methyl sites for hydroxylation is 5. The van der Waals surface area contributed by atoms with Gasteiger partial charge in [0.2, 0.25) is 0 Å². The molecule has 11 rings (SSSR count). The van der Waals surface area contributed by atoms with Crippen LogP contribution in [0.15, 0.2) is 132 Å². The van der Waals surface area contributed by atoms with Crippen molar-refractivity contribution in [1.82, 2.24) is 0 Å². The Morgan fingerprint density at radius 1 is 0.406 bits per heavy atom. The molecule has 0 aliphatic carbocycles. The molecule has 9 aromatic rings. The fourth-order valence-electron chi connectivity index (χ4n) is 10.7. The summed E-state index contributed by atoms with van der Waals surface area (Å²) in [4.78, 5) is 5.25. The smallest absolute Gasteiger partial charge is 0.252 e. The molecule has 316 valence electrons. The zero-order chi connectivity index (χ0) is 44.6. The van der Waals surface area contributed by atoms with Gasteiger partial charge in [-0.1, -0.05) is 114 Å². The van der Waals surface area contributed by atoms with Crippen molar-refractivity contribution in [2.45, 2.75) is 87.0 Å². The number of hydrogen-bond donors (Lipinski definition) is 0. The zero-order valence-corrected chi connectivity index (χ0v) is 40.6. The Bertz CT molecular complexity index is 3120. The standard InChI is InChI=1S/C59H55BN2S2/c1-34-24-51-55-52(25-34)62(57-37(4)28-46(29-38(57)5)59(9,10)11)50-19-17-42(44-15-13-40-21-23-64-54(40)33-44)31-48(50)60(55)47-30-41(43-14-12-39-20-22-63-53(39)32-43)16-18-49(47)61(51)56-35(2)26-45(27-36(56)3)58(6,7)8/h12-33H,1-11H3. The van der Waals surface area contributed by atoms with E-state index in [0.29, 0.717) is 0 Å². The minimum absolute atomic E-state index is 0.0112. The van der Waals surface area contributed by atoms with Crippen molar-refractivity contribution in [3.63, 3.8) is 0 Å². The van der Waals surface area contributed by atoms with Crippen LogP contribution >= 0.6 is 22.7 Å². The number of hydrogen-bond acceptors (Lipinski definition) is 4. The molecule has 0 saturated carbocycles. The first-order valence-electron chi connectivity index (χ1n) is 22.7. The Hall–Kier alpha value is -5.88. The molecular formula is C59H55BN2S2. The second-order valence-corrected chi connectivity index (χ2v) is 22.5. The highest BCUT2D eigenvalue weighted by molar-refractivity contribution is 7.17. The predicted molar refractivity (Wildman–Crippen MR) is 283 cm³/mol. The van der Waals surface area contributed by atoms with Crippen LogP contribution in [0.1, 0.15) is 80.5 Å². The van der Waals surface area contributed by atoms with Crippen LogP contribution < -0.4 is 26.2 Å². The van der Waals surface area contributed by atoms with Crippen LogP contribution in [0.2, 0.25) is 0 Å². The van der Waals surface area contributed by atoms with Crippen LogP contribution in [0.3, 0.4) is 0 Å². The molecule has 0 N–H and O–H groups in total. The molecule has 0 saturated heterocycles. The number of benzene rings is 7. The molecule has 2 aliphatic rings. The second-order valence-electron chi connectivity index (χ2n) is 20.6. The average molecular weight is 867 g/mol. The molecule has 0 fully saturated rings. The number of fused-ring (bicyclic) bond motifs is 6. The Balaban J connectivity index is 1.24. The molecule has 7 aromatic carbocycles. The van der Waals surface area contributed by atoms with Crippen LogP contribution in [0.25, 0.3) is 42.4 Å². The molecule has 0 radical (unpaired) electrons. The molecule has 64 heavy (non-hydrogen) atoms. The topological polar surface area (TPSA) is 6.48 Å². The van der Waals surface area contributed by atoms with Crippen LogP contribution in [0, 0.1) is 34.6 Å². The largest absolute Gasteiger partial charge is 0.311 e. The highest BCUT2D eigenvalue weighted by atomic mass is 32.1. The fourth-order valence-corrected chi connectivity index (χ4v) is 12.4. The van der Waals surface area contributed by atoms with E-state index in [-0.39, 0.29) is 17.5 Å². The van der Waals surface area contributed by atoms with Gasteiger partial charge >= 0.3 is 0 Å². The SMILES string of the molecule is Cc1cc2c3c(c1)N(c1c(C)cc(C(C)(C)C)cc1C)c1ccc(-c4ccc5ccsc5c4)cc1B3c1cc(-c3ccc4ccsc4c3)ccc1N2c1c(C)cc(C(C)(C)C)cc1C.